The lowest BCUT2D eigenvalue weighted by atomic mass is 10.1. The van der Waals surface area contributed by atoms with E-state index in [1.165, 1.54) is 18.2 Å². The molecule has 1 aliphatic heterocycles. The molecule has 0 unspecified atom stereocenters. The highest BCUT2D eigenvalue weighted by Crippen LogP contribution is 2.37. The lowest BCUT2D eigenvalue weighted by Crippen LogP contribution is -2.12. The van der Waals surface area contributed by atoms with E-state index in [9.17, 15) is 4.79 Å². The van der Waals surface area contributed by atoms with Crippen molar-refractivity contribution in [2.45, 2.75) is 13.8 Å². The molecule has 3 aromatic rings. The highest BCUT2D eigenvalue weighted by Gasteiger charge is 2.24. The maximum absolute atomic E-state index is 12.3. The van der Waals surface area contributed by atoms with Crippen molar-refractivity contribution in [1.82, 2.24) is 0 Å². The van der Waals surface area contributed by atoms with Crippen LogP contribution in [0.4, 0.5) is 0 Å². The zero-order valence-electron chi connectivity index (χ0n) is 21.0. The van der Waals surface area contributed by atoms with Gasteiger partial charge in [0, 0.05) is 5.56 Å². The maximum Gasteiger partial charge on any atom is 0.363 e. The molecule has 3 aromatic carbocycles. The van der Waals surface area contributed by atoms with Gasteiger partial charge in [-0.15, -0.1) is 0 Å². The van der Waals surface area contributed by atoms with Crippen LogP contribution in [0.2, 0.25) is 5.02 Å². The Kier molecular flexibility index (Phi) is 8.82. The number of carbonyl (C=O) groups is 1. The van der Waals surface area contributed by atoms with Crippen LogP contribution < -0.4 is 14.2 Å². The van der Waals surface area contributed by atoms with Crippen LogP contribution in [0.3, 0.4) is 0 Å². The van der Waals surface area contributed by atoms with Gasteiger partial charge in [0.05, 0.1) is 25.3 Å². The van der Waals surface area contributed by atoms with Crippen molar-refractivity contribution in [2.24, 2.45) is 4.99 Å². The second kappa shape index (κ2) is 12.4. The number of nitrogens with zero attached hydrogens (tertiary/aromatic N) is 1. The maximum atomic E-state index is 12.3. The van der Waals surface area contributed by atoms with Crippen molar-refractivity contribution in [3.63, 3.8) is 0 Å². The Labute approximate surface area is 221 Å². The van der Waals surface area contributed by atoms with Gasteiger partial charge in [0.15, 0.2) is 17.2 Å². The van der Waals surface area contributed by atoms with E-state index < -0.39 is 5.97 Å². The summed E-state index contributed by atoms with van der Waals surface area (Å²) < 4.78 is 27.9. The summed E-state index contributed by atoms with van der Waals surface area (Å²) >= 11 is 6.47. The lowest BCUT2D eigenvalue weighted by molar-refractivity contribution is -0.129. The Morgan fingerprint density at radius 2 is 1.68 bits per heavy atom. The first-order valence-electron chi connectivity index (χ1n) is 11.8. The Morgan fingerprint density at radius 3 is 2.41 bits per heavy atom. The number of halogens is 1. The average molecular weight is 522 g/mol. The summed E-state index contributed by atoms with van der Waals surface area (Å²) in [5.41, 5.74) is 3.93. The molecule has 4 rings (SSSR count). The minimum Gasteiger partial charge on any atom is -0.493 e. The summed E-state index contributed by atoms with van der Waals surface area (Å²) in [5.74, 6) is 1.37. The molecule has 1 aliphatic rings. The summed E-state index contributed by atoms with van der Waals surface area (Å²) in [7, 11) is 1.52. The zero-order valence-corrected chi connectivity index (χ0v) is 21.7. The number of cyclic esters (lactones) is 1. The van der Waals surface area contributed by atoms with Crippen molar-refractivity contribution in [3.05, 3.63) is 93.6 Å². The molecule has 0 atom stereocenters. The van der Waals surface area contributed by atoms with Crippen LogP contribution in [0.25, 0.3) is 6.08 Å². The molecular weight excluding hydrogens is 494 g/mol. The van der Waals surface area contributed by atoms with Crippen LogP contribution in [0.1, 0.15) is 22.3 Å². The van der Waals surface area contributed by atoms with Crippen molar-refractivity contribution in [1.29, 1.82) is 0 Å². The van der Waals surface area contributed by atoms with Gasteiger partial charge >= 0.3 is 5.97 Å². The lowest BCUT2D eigenvalue weighted by Gasteiger charge is -2.14. The number of benzene rings is 3. The molecule has 0 aliphatic carbocycles. The van der Waals surface area contributed by atoms with Crippen molar-refractivity contribution < 1.29 is 28.5 Å². The van der Waals surface area contributed by atoms with E-state index >= 15 is 0 Å². The van der Waals surface area contributed by atoms with Gasteiger partial charge in [-0.25, -0.2) is 9.79 Å². The first kappa shape index (κ1) is 26.3. The summed E-state index contributed by atoms with van der Waals surface area (Å²) in [6, 6.07) is 18.6. The van der Waals surface area contributed by atoms with Crippen molar-refractivity contribution in [3.8, 4) is 17.2 Å². The fraction of sp³-hybridized carbons (Fsp3) is 0.241. The SMILES string of the molecule is COc1cc(/C=C2\N=C(c3ccccc3)OC2=O)cc(Cl)c1OCCOCCOc1ccc(C)c(C)c1. The number of aliphatic imine (C=N–C) groups is 1. The number of aryl methyl sites for hydroxylation is 2. The van der Waals surface area contributed by atoms with Crippen LogP contribution in [0.15, 0.2) is 71.4 Å². The quantitative estimate of drug-likeness (QED) is 0.181. The Bertz CT molecular complexity index is 1320. The summed E-state index contributed by atoms with van der Waals surface area (Å²) in [5, 5.41) is 0.336. The first-order valence-corrected chi connectivity index (χ1v) is 12.2. The van der Waals surface area contributed by atoms with E-state index in [0.29, 0.717) is 41.9 Å². The number of esters is 1. The highest BCUT2D eigenvalue weighted by atomic mass is 35.5. The summed E-state index contributed by atoms with van der Waals surface area (Å²) in [6.45, 7) is 5.61. The van der Waals surface area contributed by atoms with E-state index in [1.807, 2.05) is 48.5 Å². The molecule has 0 fully saturated rings. The minimum absolute atomic E-state index is 0.169. The monoisotopic (exact) mass is 521 g/mol. The van der Waals surface area contributed by atoms with Gasteiger partial charge in [0.25, 0.3) is 0 Å². The zero-order chi connectivity index (χ0) is 26.2. The number of ether oxygens (including phenoxy) is 5. The molecular formula is C29H28ClNO6. The fourth-order valence-electron chi connectivity index (χ4n) is 3.56. The van der Waals surface area contributed by atoms with Gasteiger partial charge < -0.3 is 23.7 Å². The molecule has 0 aromatic heterocycles. The molecule has 0 N–H and O–H groups in total. The molecule has 0 saturated carbocycles. The Balaban J connectivity index is 1.31. The van der Waals surface area contributed by atoms with Crippen LogP contribution in [-0.4, -0.2) is 45.4 Å². The third-order valence-electron chi connectivity index (χ3n) is 5.65. The second-order valence-corrected chi connectivity index (χ2v) is 8.70. The summed E-state index contributed by atoms with van der Waals surface area (Å²) in [6.07, 6.45) is 1.59. The molecule has 8 heteroatoms. The van der Waals surface area contributed by atoms with Gasteiger partial charge in [-0.3, -0.25) is 0 Å². The molecule has 37 heavy (non-hydrogen) atoms. The number of hydrogen-bond donors (Lipinski definition) is 0. The van der Waals surface area contributed by atoms with Crippen LogP contribution in [-0.2, 0) is 14.3 Å². The molecule has 7 nitrogen and oxygen atoms in total. The topological polar surface area (TPSA) is 75.6 Å². The van der Waals surface area contributed by atoms with Crippen molar-refractivity contribution >= 4 is 29.5 Å². The number of hydrogen-bond acceptors (Lipinski definition) is 7. The predicted octanol–water partition coefficient (Wildman–Crippen LogP) is 5.78. The minimum atomic E-state index is -0.534. The van der Waals surface area contributed by atoms with Crippen LogP contribution in [0.5, 0.6) is 17.2 Å². The van der Waals surface area contributed by atoms with Gasteiger partial charge in [-0.1, -0.05) is 35.9 Å². The van der Waals surface area contributed by atoms with Crippen LogP contribution >= 0.6 is 11.6 Å². The molecule has 0 bridgehead atoms. The highest BCUT2D eigenvalue weighted by molar-refractivity contribution is 6.32. The largest absolute Gasteiger partial charge is 0.493 e. The number of carbonyl (C=O) groups excluding carboxylic acids is 1. The Morgan fingerprint density at radius 1 is 0.919 bits per heavy atom. The standard InChI is InChI=1S/C29H28ClNO6/c1-19-9-10-23(15-20(19)2)35-13-11-34-12-14-36-27-24(30)16-21(18-26(27)33-3)17-25-29(32)37-28(31-25)22-7-5-4-6-8-22/h4-10,15-18H,11-14H2,1-3H3/b25-17-. The normalized spacial score (nSPS) is 13.9. The molecule has 0 spiro atoms. The fourth-order valence-corrected chi connectivity index (χ4v) is 3.83. The molecule has 0 amide bonds. The molecule has 192 valence electrons. The molecule has 0 saturated heterocycles. The van der Waals surface area contributed by atoms with E-state index in [0.717, 1.165) is 11.3 Å². The van der Waals surface area contributed by atoms with Gasteiger partial charge in [-0.2, -0.15) is 0 Å². The van der Waals surface area contributed by atoms with Crippen molar-refractivity contribution in [2.75, 3.05) is 33.5 Å². The predicted molar refractivity (Wildman–Crippen MR) is 143 cm³/mol. The summed E-state index contributed by atoms with van der Waals surface area (Å²) in [4.78, 5) is 16.6. The average Bonchev–Trinajstić information content (AvgIpc) is 3.26. The smallest absolute Gasteiger partial charge is 0.363 e. The number of rotatable bonds is 11. The van der Waals surface area contributed by atoms with E-state index in [1.54, 1.807) is 18.2 Å². The van der Waals surface area contributed by atoms with Gasteiger partial charge in [0.1, 0.15) is 19.0 Å². The third-order valence-corrected chi connectivity index (χ3v) is 5.93. The van der Waals surface area contributed by atoms with E-state index in [4.69, 9.17) is 35.3 Å². The van der Waals surface area contributed by atoms with Crippen LogP contribution in [0, 0.1) is 13.8 Å². The van der Waals surface area contributed by atoms with E-state index in [-0.39, 0.29) is 18.2 Å². The first-order chi connectivity index (χ1) is 17.9. The molecule has 1 heterocycles. The number of methoxy groups -OCH3 is 1. The Hall–Kier alpha value is -3.81. The third kappa shape index (κ3) is 6.90. The van der Waals surface area contributed by atoms with Gasteiger partial charge in [0.2, 0.25) is 5.90 Å². The van der Waals surface area contributed by atoms with Gasteiger partial charge in [-0.05, 0) is 73.0 Å². The second-order valence-electron chi connectivity index (χ2n) is 8.29. The molecule has 0 radical (unpaired) electrons. The van der Waals surface area contributed by atoms with E-state index in [2.05, 4.69) is 18.8 Å².